The molecule has 0 aliphatic carbocycles. The molecule has 0 spiro atoms. The van der Waals surface area contributed by atoms with E-state index in [0.29, 0.717) is 0 Å². The second kappa shape index (κ2) is 4.39. The number of nitrogens with one attached hydrogen (secondary N) is 2. The molecule has 3 rings (SSSR count). The Balaban J connectivity index is 2.29. The quantitative estimate of drug-likeness (QED) is 0.736. The Morgan fingerprint density at radius 2 is 1.89 bits per heavy atom. The predicted molar refractivity (Wildman–Crippen MR) is 78.3 cm³/mol. The standard InChI is InChI=1S/C15H16N4/c1-9-15(11-6-4-5-7-12(11)17-9)13-8-14(16-3)19-10(2)18-13/h4-8,17H,1-3H3,(H,16,18,19). The number of aryl methyl sites for hydroxylation is 2. The van der Waals surface area contributed by atoms with Gasteiger partial charge in [0.15, 0.2) is 0 Å². The highest BCUT2D eigenvalue weighted by Crippen LogP contribution is 2.31. The molecule has 4 heteroatoms. The maximum atomic E-state index is 4.56. The summed E-state index contributed by atoms with van der Waals surface area (Å²) >= 11 is 0. The lowest BCUT2D eigenvalue weighted by molar-refractivity contribution is 1.06. The summed E-state index contributed by atoms with van der Waals surface area (Å²) in [6.45, 7) is 3.99. The number of anilines is 1. The Morgan fingerprint density at radius 3 is 2.68 bits per heavy atom. The Hall–Kier alpha value is -2.36. The number of aromatic amines is 1. The van der Waals surface area contributed by atoms with Crippen LogP contribution in [0.1, 0.15) is 11.5 Å². The van der Waals surface area contributed by atoms with E-state index in [-0.39, 0.29) is 0 Å². The molecule has 0 aliphatic heterocycles. The van der Waals surface area contributed by atoms with Gasteiger partial charge < -0.3 is 10.3 Å². The minimum atomic E-state index is 0.770. The van der Waals surface area contributed by atoms with Crippen LogP contribution in [0.4, 0.5) is 5.82 Å². The molecule has 4 nitrogen and oxygen atoms in total. The lowest BCUT2D eigenvalue weighted by Crippen LogP contribution is -1.98. The van der Waals surface area contributed by atoms with Crippen molar-refractivity contribution in [1.82, 2.24) is 15.0 Å². The van der Waals surface area contributed by atoms with Gasteiger partial charge in [-0.05, 0) is 19.9 Å². The first-order valence-electron chi connectivity index (χ1n) is 6.30. The molecule has 0 radical (unpaired) electrons. The zero-order chi connectivity index (χ0) is 13.4. The Morgan fingerprint density at radius 1 is 1.11 bits per heavy atom. The highest BCUT2D eigenvalue weighted by atomic mass is 15.0. The van der Waals surface area contributed by atoms with Gasteiger partial charge in [-0.2, -0.15) is 0 Å². The van der Waals surface area contributed by atoms with Crippen molar-refractivity contribution in [2.45, 2.75) is 13.8 Å². The van der Waals surface area contributed by atoms with E-state index < -0.39 is 0 Å². The number of para-hydroxylation sites is 1. The van der Waals surface area contributed by atoms with Crippen molar-refractivity contribution in [1.29, 1.82) is 0 Å². The van der Waals surface area contributed by atoms with Crippen molar-refractivity contribution in [2.75, 3.05) is 12.4 Å². The Labute approximate surface area is 111 Å². The van der Waals surface area contributed by atoms with Crippen LogP contribution >= 0.6 is 0 Å². The Kier molecular flexibility index (Phi) is 2.71. The number of nitrogens with zero attached hydrogens (tertiary/aromatic N) is 2. The molecule has 0 saturated heterocycles. The maximum absolute atomic E-state index is 4.56. The minimum absolute atomic E-state index is 0.770. The van der Waals surface area contributed by atoms with Gasteiger partial charge in [0.2, 0.25) is 0 Å². The van der Waals surface area contributed by atoms with Gasteiger partial charge in [-0.15, -0.1) is 0 Å². The molecule has 2 aromatic heterocycles. The predicted octanol–water partition coefficient (Wildman–Crippen LogP) is 3.28. The zero-order valence-electron chi connectivity index (χ0n) is 11.3. The second-order valence-corrected chi connectivity index (χ2v) is 4.61. The first-order chi connectivity index (χ1) is 9.19. The summed E-state index contributed by atoms with van der Waals surface area (Å²) < 4.78 is 0. The van der Waals surface area contributed by atoms with Gasteiger partial charge >= 0.3 is 0 Å². The van der Waals surface area contributed by atoms with Crippen LogP contribution < -0.4 is 5.32 Å². The maximum Gasteiger partial charge on any atom is 0.130 e. The highest BCUT2D eigenvalue weighted by Gasteiger charge is 2.12. The summed E-state index contributed by atoms with van der Waals surface area (Å²) in [6.07, 6.45) is 0. The molecule has 0 unspecified atom stereocenters. The smallest absolute Gasteiger partial charge is 0.130 e. The van der Waals surface area contributed by atoms with Crippen molar-refractivity contribution >= 4 is 16.7 Å². The average Bonchev–Trinajstić information content (AvgIpc) is 2.73. The molecule has 96 valence electrons. The molecule has 0 aliphatic rings. The zero-order valence-corrected chi connectivity index (χ0v) is 11.3. The number of benzene rings is 1. The van der Waals surface area contributed by atoms with Crippen LogP contribution in [-0.4, -0.2) is 22.0 Å². The van der Waals surface area contributed by atoms with Gasteiger partial charge in [0.05, 0.1) is 5.69 Å². The van der Waals surface area contributed by atoms with Crippen molar-refractivity contribution in [3.63, 3.8) is 0 Å². The van der Waals surface area contributed by atoms with E-state index in [0.717, 1.165) is 34.1 Å². The van der Waals surface area contributed by atoms with Crippen molar-refractivity contribution < 1.29 is 0 Å². The summed E-state index contributed by atoms with van der Waals surface area (Å²) in [7, 11) is 1.87. The number of hydrogen-bond acceptors (Lipinski definition) is 3. The van der Waals surface area contributed by atoms with E-state index in [9.17, 15) is 0 Å². The molecule has 3 aromatic rings. The lowest BCUT2D eigenvalue weighted by atomic mass is 10.1. The monoisotopic (exact) mass is 252 g/mol. The fraction of sp³-hybridized carbons (Fsp3) is 0.200. The lowest BCUT2D eigenvalue weighted by Gasteiger charge is -2.06. The number of H-pyrrole nitrogens is 1. The molecule has 1 aromatic carbocycles. The number of fused-ring (bicyclic) bond motifs is 1. The third-order valence-electron chi connectivity index (χ3n) is 3.24. The fourth-order valence-electron chi connectivity index (χ4n) is 2.43. The van der Waals surface area contributed by atoms with Gasteiger partial charge in [0.1, 0.15) is 11.6 Å². The molecule has 0 saturated carbocycles. The fourth-order valence-corrected chi connectivity index (χ4v) is 2.43. The van der Waals surface area contributed by atoms with Crippen LogP contribution in [0, 0.1) is 13.8 Å². The number of rotatable bonds is 2. The first kappa shape index (κ1) is 11.7. The molecule has 2 N–H and O–H groups in total. The largest absolute Gasteiger partial charge is 0.373 e. The number of hydrogen-bond donors (Lipinski definition) is 2. The van der Waals surface area contributed by atoms with Crippen LogP contribution in [0.2, 0.25) is 0 Å². The van der Waals surface area contributed by atoms with Crippen LogP contribution in [0.3, 0.4) is 0 Å². The van der Waals surface area contributed by atoms with Crippen molar-refractivity contribution in [2.24, 2.45) is 0 Å². The number of aromatic nitrogens is 3. The topological polar surface area (TPSA) is 53.6 Å². The van der Waals surface area contributed by atoms with Crippen molar-refractivity contribution in [3.8, 4) is 11.3 Å². The summed E-state index contributed by atoms with van der Waals surface area (Å²) in [5, 5.41) is 4.27. The normalized spacial score (nSPS) is 10.9. The Bertz CT molecular complexity index is 743. The van der Waals surface area contributed by atoms with Gasteiger partial charge in [-0.25, -0.2) is 9.97 Å². The summed E-state index contributed by atoms with van der Waals surface area (Å²) in [5.74, 6) is 1.61. The SMILES string of the molecule is CNc1cc(-c2c(C)[nH]c3ccccc23)nc(C)n1. The van der Waals surface area contributed by atoms with Gasteiger partial charge in [-0.3, -0.25) is 0 Å². The van der Waals surface area contributed by atoms with Crippen LogP contribution in [-0.2, 0) is 0 Å². The minimum Gasteiger partial charge on any atom is -0.373 e. The van der Waals surface area contributed by atoms with Crippen LogP contribution in [0.25, 0.3) is 22.2 Å². The summed E-state index contributed by atoms with van der Waals surface area (Å²) in [4.78, 5) is 12.3. The summed E-state index contributed by atoms with van der Waals surface area (Å²) in [5.41, 5.74) is 4.36. The molecular formula is C15H16N4. The van der Waals surface area contributed by atoms with E-state index in [4.69, 9.17) is 0 Å². The summed E-state index contributed by atoms with van der Waals surface area (Å²) in [6, 6.07) is 10.3. The van der Waals surface area contributed by atoms with E-state index in [2.05, 4.69) is 39.3 Å². The third-order valence-corrected chi connectivity index (χ3v) is 3.24. The van der Waals surface area contributed by atoms with Crippen molar-refractivity contribution in [3.05, 3.63) is 41.9 Å². The first-order valence-corrected chi connectivity index (χ1v) is 6.30. The molecular weight excluding hydrogens is 236 g/mol. The van der Waals surface area contributed by atoms with Crippen LogP contribution in [0.5, 0.6) is 0 Å². The highest BCUT2D eigenvalue weighted by molar-refractivity contribution is 5.96. The second-order valence-electron chi connectivity index (χ2n) is 4.61. The molecule has 0 amide bonds. The van der Waals surface area contributed by atoms with Gasteiger partial charge in [0.25, 0.3) is 0 Å². The van der Waals surface area contributed by atoms with Crippen LogP contribution in [0.15, 0.2) is 30.3 Å². The molecule has 0 atom stereocenters. The van der Waals surface area contributed by atoms with E-state index in [1.165, 1.54) is 5.39 Å². The molecule has 0 fully saturated rings. The average molecular weight is 252 g/mol. The van der Waals surface area contributed by atoms with E-state index in [1.807, 2.05) is 32.2 Å². The van der Waals surface area contributed by atoms with Gasteiger partial charge in [0, 0.05) is 35.3 Å². The van der Waals surface area contributed by atoms with E-state index in [1.54, 1.807) is 0 Å². The molecule has 19 heavy (non-hydrogen) atoms. The van der Waals surface area contributed by atoms with E-state index >= 15 is 0 Å². The van der Waals surface area contributed by atoms with Gasteiger partial charge in [-0.1, -0.05) is 18.2 Å². The third kappa shape index (κ3) is 1.95. The molecule has 0 bridgehead atoms. The molecule has 2 heterocycles.